The Kier molecular flexibility index (Phi) is 4.10. The molecule has 0 spiro atoms. The smallest absolute Gasteiger partial charge is 0.223 e. The lowest BCUT2D eigenvalue weighted by atomic mass is 9.84. The van der Waals surface area contributed by atoms with Gasteiger partial charge in [0, 0.05) is 31.6 Å². The topological polar surface area (TPSA) is 57.7 Å². The summed E-state index contributed by atoms with van der Waals surface area (Å²) in [6, 6.07) is 0.707. The van der Waals surface area contributed by atoms with Crippen LogP contribution in [0.15, 0.2) is 12.7 Å². The molecule has 2 heterocycles. The predicted molar refractivity (Wildman–Crippen MR) is 81.2 cm³/mol. The summed E-state index contributed by atoms with van der Waals surface area (Å²) in [5, 5.41) is 0. The van der Waals surface area contributed by atoms with Crippen LogP contribution in [0.3, 0.4) is 0 Å². The molecule has 2 aliphatic heterocycles. The zero-order valence-corrected chi connectivity index (χ0v) is 13.2. The molecule has 3 fully saturated rings. The Hall–Kier alpha value is -0.880. The summed E-state index contributed by atoms with van der Waals surface area (Å²) in [6.45, 7) is 4.73. The number of rotatable bonds is 5. The number of sulfonamides is 1. The summed E-state index contributed by atoms with van der Waals surface area (Å²) in [4.78, 5) is 14.2. The molecule has 1 amide bonds. The molecule has 2 saturated heterocycles. The number of likely N-dealkylation sites (tertiary alicyclic amines) is 1. The second-order valence-corrected chi connectivity index (χ2v) is 8.53. The normalized spacial score (nSPS) is 31.0. The van der Waals surface area contributed by atoms with Crippen molar-refractivity contribution in [3.63, 3.8) is 0 Å². The average Bonchev–Trinajstić information content (AvgIpc) is 3.29. The number of hydrogen-bond donors (Lipinski definition) is 0. The van der Waals surface area contributed by atoms with Gasteiger partial charge >= 0.3 is 0 Å². The van der Waals surface area contributed by atoms with Gasteiger partial charge in [-0.25, -0.2) is 12.7 Å². The van der Waals surface area contributed by atoms with E-state index in [0.29, 0.717) is 37.9 Å². The van der Waals surface area contributed by atoms with Crippen LogP contribution in [-0.4, -0.2) is 54.5 Å². The fourth-order valence-corrected chi connectivity index (χ4v) is 5.23. The third kappa shape index (κ3) is 3.01. The molecule has 0 N–H and O–H groups in total. The molecule has 0 aromatic rings. The van der Waals surface area contributed by atoms with Crippen molar-refractivity contribution in [3.05, 3.63) is 12.7 Å². The van der Waals surface area contributed by atoms with Gasteiger partial charge < -0.3 is 4.90 Å². The van der Waals surface area contributed by atoms with Crippen molar-refractivity contribution in [2.75, 3.05) is 18.8 Å². The quantitative estimate of drug-likeness (QED) is 0.720. The van der Waals surface area contributed by atoms with Gasteiger partial charge in [0.1, 0.15) is 0 Å². The van der Waals surface area contributed by atoms with Crippen molar-refractivity contribution in [1.82, 2.24) is 9.21 Å². The van der Waals surface area contributed by atoms with Crippen LogP contribution in [0.1, 0.15) is 38.5 Å². The lowest BCUT2D eigenvalue weighted by molar-refractivity contribution is -0.141. The Morgan fingerprint density at radius 2 is 2.00 bits per heavy atom. The monoisotopic (exact) mass is 312 g/mol. The van der Waals surface area contributed by atoms with Crippen molar-refractivity contribution in [3.8, 4) is 0 Å². The highest BCUT2D eigenvalue weighted by molar-refractivity contribution is 7.89. The Labute approximate surface area is 127 Å². The molecule has 1 saturated carbocycles. The highest BCUT2D eigenvalue weighted by Gasteiger charge is 2.46. The Morgan fingerprint density at radius 3 is 2.67 bits per heavy atom. The molecule has 6 heteroatoms. The van der Waals surface area contributed by atoms with Gasteiger partial charge in [-0.05, 0) is 38.0 Å². The second-order valence-electron chi connectivity index (χ2n) is 6.44. The van der Waals surface area contributed by atoms with Crippen molar-refractivity contribution in [2.24, 2.45) is 5.92 Å². The summed E-state index contributed by atoms with van der Waals surface area (Å²) < 4.78 is 26.3. The zero-order chi connectivity index (χ0) is 15.0. The standard InChI is InChI=1S/C15H24N2O3S/c1-2-3-10-21(19,20)16-9-8-14-12(11-16)4-7-15(18)17(14)13-5-6-13/h2,12-14H,1,3-11H2/t12-,14+/m0/s1. The number of carbonyl (C=O) groups excluding carboxylic acids is 1. The van der Waals surface area contributed by atoms with Crippen LogP contribution in [0.5, 0.6) is 0 Å². The van der Waals surface area contributed by atoms with Gasteiger partial charge in [-0.15, -0.1) is 6.58 Å². The fourth-order valence-electron chi connectivity index (χ4n) is 3.70. The lowest BCUT2D eigenvalue weighted by Crippen LogP contribution is -2.57. The highest BCUT2D eigenvalue weighted by atomic mass is 32.2. The maximum atomic E-state index is 12.3. The van der Waals surface area contributed by atoms with Gasteiger partial charge in [0.15, 0.2) is 0 Å². The molecule has 0 unspecified atom stereocenters. The molecule has 0 radical (unpaired) electrons. The Bertz CT molecular complexity index is 527. The van der Waals surface area contributed by atoms with Crippen LogP contribution in [0.4, 0.5) is 0 Å². The van der Waals surface area contributed by atoms with E-state index < -0.39 is 10.0 Å². The zero-order valence-electron chi connectivity index (χ0n) is 12.4. The first-order valence-electron chi connectivity index (χ1n) is 7.93. The van der Waals surface area contributed by atoms with Gasteiger partial charge in [0.05, 0.1) is 5.75 Å². The van der Waals surface area contributed by atoms with Crippen molar-refractivity contribution in [1.29, 1.82) is 0 Å². The van der Waals surface area contributed by atoms with E-state index in [2.05, 4.69) is 11.5 Å². The minimum absolute atomic E-state index is 0.152. The fraction of sp³-hybridized carbons (Fsp3) is 0.800. The van der Waals surface area contributed by atoms with Gasteiger partial charge in [-0.3, -0.25) is 4.79 Å². The number of carbonyl (C=O) groups is 1. The van der Waals surface area contributed by atoms with Gasteiger partial charge in [-0.1, -0.05) is 6.08 Å². The lowest BCUT2D eigenvalue weighted by Gasteiger charge is -2.46. The summed E-state index contributed by atoms with van der Waals surface area (Å²) in [6.07, 6.45) is 6.60. The van der Waals surface area contributed by atoms with Crippen molar-refractivity contribution >= 4 is 15.9 Å². The maximum absolute atomic E-state index is 12.3. The van der Waals surface area contributed by atoms with Crippen LogP contribution in [0.2, 0.25) is 0 Å². The molecule has 3 aliphatic rings. The molecule has 0 bridgehead atoms. The van der Waals surface area contributed by atoms with Gasteiger partial charge in [-0.2, -0.15) is 0 Å². The molecule has 3 rings (SSSR count). The van der Waals surface area contributed by atoms with Crippen LogP contribution in [0, 0.1) is 5.92 Å². The Balaban J connectivity index is 1.68. The highest BCUT2D eigenvalue weighted by Crippen LogP contribution is 2.39. The molecule has 0 aromatic carbocycles. The van der Waals surface area contributed by atoms with Gasteiger partial charge in [0.25, 0.3) is 0 Å². The molecule has 0 aromatic heterocycles. The van der Waals surface area contributed by atoms with Gasteiger partial charge in [0.2, 0.25) is 15.9 Å². The third-order valence-corrected chi connectivity index (χ3v) is 6.81. The molecular weight excluding hydrogens is 288 g/mol. The maximum Gasteiger partial charge on any atom is 0.223 e. The molecule has 118 valence electrons. The molecule has 21 heavy (non-hydrogen) atoms. The van der Waals surface area contributed by atoms with E-state index in [0.717, 1.165) is 25.7 Å². The first-order chi connectivity index (χ1) is 10.0. The predicted octanol–water partition coefficient (Wildman–Crippen LogP) is 1.37. The first-order valence-corrected chi connectivity index (χ1v) is 9.53. The number of piperidine rings is 2. The van der Waals surface area contributed by atoms with Crippen molar-refractivity contribution in [2.45, 2.75) is 50.6 Å². The number of nitrogens with zero attached hydrogens (tertiary/aromatic N) is 2. The Morgan fingerprint density at radius 1 is 1.24 bits per heavy atom. The number of amides is 1. The van der Waals surface area contributed by atoms with E-state index in [1.807, 2.05) is 0 Å². The van der Waals surface area contributed by atoms with Crippen LogP contribution < -0.4 is 0 Å². The van der Waals surface area contributed by atoms with E-state index >= 15 is 0 Å². The van der Waals surface area contributed by atoms with E-state index in [-0.39, 0.29) is 17.7 Å². The van der Waals surface area contributed by atoms with Crippen molar-refractivity contribution < 1.29 is 13.2 Å². The SMILES string of the molecule is C=CCCS(=O)(=O)N1CC[C@@H]2[C@@H](CCC(=O)N2C2CC2)C1. The minimum atomic E-state index is -3.17. The number of allylic oxidation sites excluding steroid dienone is 1. The van der Waals surface area contributed by atoms with E-state index in [1.54, 1.807) is 10.4 Å². The largest absolute Gasteiger partial charge is 0.336 e. The van der Waals surface area contributed by atoms with Crippen LogP contribution in [-0.2, 0) is 14.8 Å². The van der Waals surface area contributed by atoms with Crippen LogP contribution in [0.25, 0.3) is 0 Å². The molecule has 1 aliphatic carbocycles. The van der Waals surface area contributed by atoms with E-state index in [4.69, 9.17) is 0 Å². The van der Waals surface area contributed by atoms with E-state index in [1.165, 1.54) is 0 Å². The first kappa shape index (κ1) is 15.0. The molecule has 2 atom stereocenters. The average molecular weight is 312 g/mol. The summed E-state index contributed by atoms with van der Waals surface area (Å²) in [7, 11) is -3.17. The summed E-state index contributed by atoms with van der Waals surface area (Å²) in [5.41, 5.74) is 0. The number of fused-ring (bicyclic) bond motifs is 1. The van der Waals surface area contributed by atoms with Crippen LogP contribution >= 0.6 is 0 Å². The minimum Gasteiger partial charge on any atom is -0.336 e. The second kappa shape index (κ2) is 5.72. The molecular formula is C15H24N2O3S. The third-order valence-electron chi connectivity index (χ3n) is 4.94. The summed E-state index contributed by atoms with van der Waals surface area (Å²) >= 11 is 0. The number of hydrogen-bond acceptors (Lipinski definition) is 3. The summed E-state index contributed by atoms with van der Waals surface area (Å²) in [5.74, 6) is 0.747. The molecule has 5 nitrogen and oxygen atoms in total. The van der Waals surface area contributed by atoms with E-state index in [9.17, 15) is 13.2 Å².